The molecule has 0 saturated carbocycles. The molecule has 2 heterocycles. The number of ether oxygens (including phenoxy) is 1. The summed E-state index contributed by atoms with van der Waals surface area (Å²) in [6, 6.07) is 37.8. The van der Waals surface area contributed by atoms with Crippen LogP contribution >= 0.6 is 0 Å². The normalized spacial score (nSPS) is 13.3. The Labute approximate surface area is 267 Å². The van der Waals surface area contributed by atoms with E-state index in [1.807, 2.05) is 91.0 Å². The Bertz CT molecular complexity index is 2010. The molecule has 7 heteroatoms. The summed E-state index contributed by atoms with van der Waals surface area (Å²) >= 11 is 0. The van der Waals surface area contributed by atoms with E-state index in [1.165, 1.54) is 4.68 Å². The van der Waals surface area contributed by atoms with Crippen LogP contribution < -0.4 is 10.1 Å². The van der Waals surface area contributed by atoms with E-state index < -0.39 is 5.60 Å². The lowest BCUT2D eigenvalue weighted by Gasteiger charge is -2.36. The Morgan fingerprint density at radius 2 is 1.48 bits per heavy atom. The maximum absolute atomic E-state index is 13.0. The van der Waals surface area contributed by atoms with Crippen LogP contribution in [0.2, 0.25) is 0 Å². The third kappa shape index (κ3) is 5.68. The summed E-state index contributed by atoms with van der Waals surface area (Å²) in [6.45, 7) is 0.584. The number of benzene rings is 5. The van der Waals surface area contributed by atoms with Gasteiger partial charge in [0.2, 0.25) is 5.91 Å². The molecule has 46 heavy (non-hydrogen) atoms. The van der Waals surface area contributed by atoms with E-state index in [-0.39, 0.29) is 11.8 Å². The van der Waals surface area contributed by atoms with Gasteiger partial charge >= 0.3 is 0 Å². The second-order valence-electron chi connectivity index (χ2n) is 11.6. The van der Waals surface area contributed by atoms with Gasteiger partial charge in [0.25, 0.3) is 5.91 Å². The largest absolute Gasteiger partial charge is 0.473 e. The lowest BCUT2D eigenvalue weighted by Crippen LogP contribution is -2.34. The molecule has 7 nitrogen and oxygen atoms in total. The van der Waals surface area contributed by atoms with Gasteiger partial charge in [0, 0.05) is 35.2 Å². The summed E-state index contributed by atoms with van der Waals surface area (Å²) < 4.78 is 8.22. The van der Waals surface area contributed by atoms with Gasteiger partial charge in [-0.15, -0.1) is 5.10 Å². The molecule has 0 atom stereocenters. The molecular weight excluding hydrogens is 572 g/mol. The fourth-order valence-corrected chi connectivity index (χ4v) is 6.21. The number of hydrogen-bond donors (Lipinski definition) is 1. The lowest BCUT2D eigenvalue weighted by atomic mass is 9.83. The van der Waals surface area contributed by atoms with Crippen LogP contribution in [0, 0.1) is 0 Å². The van der Waals surface area contributed by atoms with E-state index in [2.05, 4.69) is 52.0 Å². The molecule has 0 aliphatic carbocycles. The second kappa shape index (κ2) is 12.8. The fourth-order valence-electron chi connectivity index (χ4n) is 6.21. The third-order valence-corrected chi connectivity index (χ3v) is 8.64. The van der Waals surface area contributed by atoms with Gasteiger partial charge in [0.05, 0.1) is 5.52 Å². The van der Waals surface area contributed by atoms with Crippen molar-refractivity contribution in [3.05, 3.63) is 144 Å². The molecule has 0 saturated heterocycles. The Balaban J connectivity index is 0.954. The maximum Gasteiger partial charge on any atom is 0.251 e. The molecule has 5 aromatic carbocycles. The summed E-state index contributed by atoms with van der Waals surface area (Å²) in [6.07, 6.45) is 8.14. The van der Waals surface area contributed by atoms with Gasteiger partial charge in [-0.25, -0.2) is 0 Å². The van der Waals surface area contributed by atoms with E-state index in [0.29, 0.717) is 18.5 Å². The maximum atomic E-state index is 13.0. The first-order valence-corrected chi connectivity index (χ1v) is 15.8. The van der Waals surface area contributed by atoms with Crippen molar-refractivity contribution >= 4 is 39.7 Å². The average molecular weight is 607 g/mol. The highest BCUT2D eigenvalue weighted by molar-refractivity contribution is 6.01. The summed E-state index contributed by atoms with van der Waals surface area (Å²) in [7, 11) is 0. The van der Waals surface area contributed by atoms with Crippen LogP contribution in [0.3, 0.4) is 0 Å². The first-order chi connectivity index (χ1) is 22.6. The average Bonchev–Trinajstić information content (AvgIpc) is 3.55. The van der Waals surface area contributed by atoms with Crippen molar-refractivity contribution in [2.24, 2.45) is 0 Å². The zero-order valence-electron chi connectivity index (χ0n) is 25.4. The van der Waals surface area contributed by atoms with Crippen LogP contribution in [0.25, 0.3) is 27.9 Å². The van der Waals surface area contributed by atoms with E-state index in [9.17, 15) is 9.59 Å². The molecule has 7 rings (SSSR count). The van der Waals surface area contributed by atoms with Crippen molar-refractivity contribution < 1.29 is 14.3 Å². The highest BCUT2D eigenvalue weighted by Crippen LogP contribution is 2.44. The number of nitrogens with zero attached hydrogens (tertiary/aromatic N) is 3. The minimum Gasteiger partial charge on any atom is -0.473 e. The fraction of sp³-hybridized carbons (Fsp3) is 0.179. The topological polar surface area (TPSA) is 86.1 Å². The molecule has 1 aliphatic rings. The quantitative estimate of drug-likeness (QED) is 0.160. The van der Waals surface area contributed by atoms with Crippen LogP contribution in [-0.4, -0.2) is 33.4 Å². The van der Waals surface area contributed by atoms with Crippen LogP contribution in [0.5, 0.6) is 5.75 Å². The summed E-state index contributed by atoms with van der Waals surface area (Å²) in [5.41, 5.74) is 4.47. The number of nitrogens with one attached hydrogen (secondary N) is 1. The van der Waals surface area contributed by atoms with Crippen LogP contribution in [0.1, 0.15) is 63.9 Å². The predicted molar refractivity (Wildman–Crippen MR) is 181 cm³/mol. The summed E-state index contributed by atoms with van der Waals surface area (Å²) in [5.74, 6) is 0.663. The van der Waals surface area contributed by atoms with E-state index >= 15 is 0 Å². The van der Waals surface area contributed by atoms with Gasteiger partial charge in [-0.2, -0.15) is 4.68 Å². The summed E-state index contributed by atoms with van der Waals surface area (Å²) in [5, 5.41) is 13.1. The number of fused-ring (bicyclic) bond motifs is 4. The van der Waals surface area contributed by atoms with Crippen molar-refractivity contribution in [3.63, 3.8) is 0 Å². The number of rotatable bonds is 10. The van der Waals surface area contributed by atoms with Gasteiger partial charge in [-0.05, 0) is 66.1 Å². The minimum absolute atomic E-state index is 0.0478. The van der Waals surface area contributed by atoms with Crippen LogP contribution in [0.15, 0.2) is 121 Å². The Kier molecular flexibility index (Phi) is 8.12. The van der Waals surface area contributed by atoms with Gasteiger partial charge in [0.15, 0.2) is 5.60 Å². The van der Waals surface area contributed by atoms with Crippen molar-refractivity contribution in [1.82, 2.24) is 20.3 Å². The molecule has 1 aliphatic heterocycles. The van der Waals surface area contributed by atoms with Gasteiger partial charge in [-0.3, -0.25) is 9.59 Å². The molecule has 1 aromatic heterocycles. The first kappa shape index (κ1) is 29.2. The summed E-state index contributed by atoms with van der Waals surface area (Å²) in [4.78, 5) is 25.5. The number of hydrogen-bond acceptors (Lipinski definition) is 5. The standard InChI is InChI=1S/C39H34N4O3/c44-37(43-35-18-11-10-17-34(35)41-42-43)19-9-1-2-12-26-40-38(45)29-20-22-32-28(27-29)21-23-36-33(32)24-25-39(46-36,30-13-5-3-6-14-30)31-15-7-4-8-16-31/h3-8,10-11,13-18,20-25,27H,1-2,9,12,19,26H2,(H,40,45). The smallest absolute Gasteiger partial charge is 0.251 e. The van der Waals surface area contributed by atoms with Crippen LogP contribution in [0.4, 0.5) is 0 Å². The van der Waals surface area contributed by atoms with E-state index in [0.717, 1.165) is 69.9 Å². The number of aromatic nitrogens is 3. The highest BCUT2D eigenvalue weighted by atomic mass is 16.5. The number of para-hydroxylation sites is 1. The molecule has 0 unspecified atom stereocenters. The molecule has 0 fully saturated rings. The van der Waals surface area contributed by atoms with Gasteiger partial charge < -0.3 is 10.1 Å². The highest BCUT2D eigenvalue weighted by Gasteiger charge is 2.37. The molecular formula is C39H34N4O3. The van der Waals surface area contributed by atoms with E-state index in [1.54, 1.807) is 0 Å². The number of carbonyl (C=O) groups excluding carboxylic acids is 2. The molecule has 0 spiro atoms. The molecule has 1 N–H and O–H groups in total. The van der Waals surface area contributed by atoms with Crippen molar-refractivity contribution in [2.75, 3.05) is 6.54 Å². The molecule has 0 bridgehead atoms. The molecule has 0 radical (unpaired) electrons. The first-order valence-electron chi connectivity index (χ1n) is 15.8. The lowest BCUT2D eigenvalue weighted by molar-refractivity contribution is 0.0886. The van der Waals surface area contributed by atoms with Gasteiger partial charge in [-0.1, -0.05) is 103 Å². The molecule has 1 amide bonds. The molecule has 228 valence electrons. The van der Waals surface area contributed by atoms with Crippen molar-refractivity contribution in [2.45, 2.75) is 37.7 Å². The van der Waals surface area contributed by atoms with Gasteiger partial charge in [0.1, 0.15) is 11.3 Å². The third-order valence-electron chi connectivity index (χ3n) is 8.64. The van der Waals surface area contributed by atoms with Crippen LogP contribution in [-0.2, 0) is 5.60 Å². The Morgan fingerprint density at radius 3 is 2.26 bits per heavy atom. The Hall–Kier alpha value is -5.56. The number of unbranched alkanes of at least 4 members (excludes halogenated alkanes) is 3. The molecule has 6 aromatic rings. The number of amides is 1. The monoisotopic (exact) mass is 606 g/mol. The SMILES string of the molecule is O=C(NCCCCCCC(=O)n1nnc2ccccc21)c1ccc2c3c(ccc2c1)OC(c1ccccc1)(c1ccccc1)C=C3. The number of carbonyl (C=O) groups is 2. The zero-order valence-corrected chi connectivity index (χ0v) is 25.4. The van der Waals surface area contributed by atoms with E-state index in [4.69, 9.17) is 4.74 Å². The second-order valence-corrected chi connectivity index (χ2v) is 11.6. The Morgan fingerprint density at radius 1 is 0.761 bits per heavy atom. The van der Waals surface area contributed by atoms with Crippen molar-refractivity contribution in [1.29, 1.82) is 0 Å². The predicted octanol–water partition coefficient (Wildman–Crippen LogP) is 7.95. The zero-order chi connectivity index (χ0) is 31.3. The minimum atomic E-state index is -0.731. The van der Waals surface area contributed by atoms with Crippen molar-refractivity contribution in [3.8, 4) is 5.75 Å².